The lowest BCUT2D eigenvalue weighted by Crippen LogP contribution is -2.19. The summed E-state index contributed by atoms with van der Waals surface area (Å²) in [5, 5.41) is 15.4. The average molecular weight is 387 g/mol. The van der Waals surface area contributed by atoms with Crippen molar-refractivity contribution in [3.05, 3.63) is 32.5 Å². The zero-order chi connectivity index (χ0) is 13.4. The molecule has 3 rings (SSSR count). The third-order valence-electron chi connectivity index (χ3n) is 3.03. The number of nitrogens with zero attached hydrogens (tertiary/aromatic N) is 4. The van der Waals surface area contributed by atoms with E-state index in [-0.39, 0.29) is 0 Å². The molecule has 1 saturated carbocycles. The van der Waals surface area contributed by atoms with Gasteiger partial charge in [-0.1, -0.05) is 0 Å². The highest BCUT2D eigenvalue weighted by Crippen LogP contribution is 2.30. The molecule has 1 heterocycles. The topological polar surface area (TPSA) is 55.6 Å². The van der Waals surface area contributed by atoms with Crippen LogP contribution in [0.4, 0.5) is 0 Å². The molecule has 1 aliphatic rings. The number of nitrogens with one attached hydrogen (secondary N) is 1. The van der Waals surface area contributed by atoms with Crippen molar-refractivity contribution in [1.29, 1.82) is 0 Å². The Morgan fingerprint density at radius 2 is 2.00 bits per heavy atom. The summed E-state index contributed by atoms with van der Waals surface area (Å²) in [6.45, 7) is 2.73. The first-order chi connectivity index (χ1) is 9.15. The maximum Gasteiger partial charge on any atom is 0.170 e. The quantitative estimate of drug-likeness (QED) is 0.877. The minimum absolute atomic E-state index is 0.634. The second kappa shape index (κ2) is 5.30. The molecule has 1 fully saturated rings. The van der Waals surface area contributed by atoms with Crippen LogP contribution >= 0.6 is 31.9 Å². The molecular formula is C12H13Br2N5. The van der Waals surface area contributed by atoms with Gasteiger partial charge in [0.1, 0.15) is 0 Å². The summed E-state index contributed by atoms with van der Waals surface area (Å²) in [5.74, 6) is 0.817. The minimum Gasteiger partial charge on any atom is -0.307 e. The molecule has 0 atom stereocenters. The highest BCUT2D eigenvalue weighted by atomic mass is 79.9. The summed E-state index contributed by atoms with van der Waals surface area (Å²) >= 11 is 7.16. The summed E-state index contributed by atoms with van der Waals surface area (Å²) in [6, 6.07) is 4.75. The summed E-state index contributed by atoms with van der Waals surface area (Å²) in [7, 11) is 0. The average Bonchev–Trinajstić information content (AvgIpc) is 3.06. The van der Waals surface area contributed by atoms with Gasteiger partial charge in [-0.3, -0.25) is 0 Å². The Kier molecular flexibility index (Phi) is 3.68. The van der Waals surface area contributed by atoms with E-state index in [0.717, 1.165) is 20.5 Å². The predicted octanol–water partition coefficient (Wildman–Crippen LogP) is 2.75. The molecule has 5 nitrogen and oxygen atoms in total. The molecule has 7 heteroatoms. The third-order valence-corrected chi connectivity index (χ3v) is 4.24. The molecule has 1 aromatic carbocycles. The number of hydrogen-bond donors (Lipinski definition) is 1. The van der Waals surface area contributed by atoms with E-state index >= 15 is 0 Å². The Morgan fingerprint density at radius 3 is 2.63 bits per heavy atom. The van der Waals surface area contributed by atoms with E-state index in [9.17, 15) is 0 Å². The summed E-state index contributed by atoms with van der Waals surface area (Å²) in [4.78, 5) is 0. The first-order valence-electron chi connectivity index (χ1n) is 6.12. The van der Waals surface area contributed by atoms with Gasteiger partial charge in [0, 0.05) is 15.0 Å². The van der Waals surface area contributed by atoms with E-state index in [0.29, 0.717) is 12.6 Å². The monoisotopic (exact) mass is 385 g/mol. The van der Waals surface area contributed by atoms with E-state index in [4.69, 9.17) is 0 Å². The third kappa shape index (κ3) is 2.88. The number of hydrogen-bond acceptors (Lipinski definition) is 4. The molecule has 1 aliphatic carbocycles. The van der Waals surface area contributed by atoms with Gasteiger partial charge < -0.3 is 5.32 Å². The van der Waals surface area contributed by atoms with Gasteiger partial charge in [0.05, 0.1) is 12.2 Å². The predicted molar refractivity (Wildman–Crippen MR) is 79.2 cm³/mol. The number of rotatable bonds is 4. The van der Waals surface area contributed by atoms with Crippen molar-refractivity contribution < 1.29 is 0 Å². The maximum absolute atomic E-state index is 4.09. The Labute approximate surface area is 128 Å². The van der Waals surface area contributed by atoms with Crippen molar-refractivity contribution in [3.8, 4) is 5.69 Å². The Balaban J connectivity index is 1.95. The first kappa shape index (κ1) is 13.2. The number of tetrazole rings is 1. The highest BCUT2D eigenvalue weighted by Gasteiger charge is 2.22. The van der Waals surface area contributed by atoms with Gasteiger partial charge in [-0.05, 0) is 79.7 Å². The zero-order valence-corrected chi connectivity index (χ0v) is 13.6. The van der Waals surface area contributed by atoms with Crippen LogP contribution in [0.5, 0.6) is 0 Å². The van der Waals surface area contributed by atoms with Crippen molar-refractivity contribution in [2.75, 3.05) is 0 Å². The summed E-state index contributed by atoms with van der Waals surface area (Å²) in [6.07, 6.45) is 2.50. The fourth-order valence-electron chi connectivity index (χ4n) is 1.91. The molecule has 0 bridgehead atoms. The van der Waals surface area contributed by atoms with Crippen LogP contribution in [0.15, 0.2) is 21.1 Å². The van der Waals surface area contributed by atoms with Crippen molar-refractivity contribution in [2.24, 2.45) is 0 Å². The standard InChI is InChI=1S/C12H13Br2N5/c1-7-4-9(13)12(10(14)5-7)19-11(16-17-18-19)6-15-8-2-3-8/h4-5,8,15H,2-3,6H2,1H3. The van der Waals surface area contributed by atoms with Gasteiger partial charge in [0.25, 0.3) is 0 Å². The smallest absolute Gasteiger partial charge is 0.170 e. The summed E-state index contributed by atoms with van der Waals surface area (Å²) in [5.41, 5.74) is 2.11. The Morgan fingerprint density at radius 1 is 1.32 bits per heavy atom. The second-order valence-electron chi connectivity index (χ2n) is 4.74. The number of aromatic nitrogens is 4. The van der Waals surface area contributed by atoms with Crippen molar-refractivity contribution >= 4 is 31.9 Å². The van der Waals surface area contributed by atoms with Gasteiger partial charge in [0.15, 0.2) is 5.82 Å². The first-order valence-corrected chi connectivity index (χ1v) is 7.70. The lowest BCUT2D eigenvalue weighted by atomic mass is 10.2. The van der Waals surface area contributed by atoms with Crippen LogP contribution in [0.2, 0.25) is 0 Å². The van der Waals surface area contributed by atoms with E-state index in [1.807, 2.05) is 0 Å². The van der Waals surface area contributed by atoms with E-state index in [1.165, 1.54) is 18.4 Å². The van der Waals surface area contributed by atoms with Crippen LogP contribution < -0.4 is 5.32 Å². The van der Waals surface area contributed by atoms with Crippen molar-refractivity contribution in [3.63, 3.8) is 0 Å². The molecule has 0 saturated heterocycles. The number of aryl methyl sites for hydroxylation is 1. The van der Waals surface area contributed by atoms with Crippen LogP contribution in [0.1, 0.15) is 24.2 Å². The van der Waals surface area contributed by atoms with Crippen LogP contribution in [0.3, 0.4) is 0 Å². The van der Waals surface area contributed by atoms with Crippen LogP contribution in [0.25, 0.3) is 5.69 Å². The van der Waals surface area contributed by atoms with Crippen molar-refractivity contribution in [1.82, 2.24) is 25.5 Å². The Hall–Kier alpha value is -0.790. The van der Waals surface area contributed by atoms with Crippen LogP contribution in [-0.4, -0.2) is 26.2 Å². The fraction of sp³-hybridized carbons (Fsp3) is 0.417. The zero-order valence-electron chi connectivity index (χ0n) is 10.4. The molecule has 0 unspecified atom stereocenters. The van der Waals surface area contributed by atoms with Gasteiger partial charge in [-0.2, -0.15) is 4.68 Å². The molecule has 1 N–H and O–H groups in total. The van der Waals surface area contributed by atoms with E-state index in [2.05, 4.69) is 71.8 Å². The second-order valence-corrected chi connectivity index (χ2v) is 6.45. The largest absolute Gasteiger partial charge is 0.307 e. The van der Waals surface area contributed by atoms with E-state index < -0.39 is 0 Å². The fourth-order valence-corrected chi connectivity index (χ4v) is 3.66. The lowest BCUT2D eigenvalue weighted by molar-refractivity contribution is 0.636. The SMILES string of the molecule is Cc1cc(Br)c(-n2nnnc2CNC2CC2)c(Br)c1. The van der Waals surface area contributed by atoms with Gasteiger partial charge in [0.2, 0.25) is 0 Å². The molecule has 2 aromatic rings. The lowest BCUT2D eigenvalue weighted by Gasteiger charge is -2.10. The van der Waals surface area contributed by atoms with Crippen LogP contribution in [-0.2, 0) is 6.54 Å². The van der Waals surface area contributed by atoms with Crippen molar-refractivity contribution in [2.45, 2.75) is 32.4 Å². The molecule has 19 heavy (non-hydrogen) atoms. The van der Waals surface area contributed by atoms with Gasteiger partial charge in [-0.15, -0.1) is 5.10 Å². The molecule has 100 valence electrons. The highest BCUT2D eigenvalue weighted by molar-refractivity contribution is 9.11. The Bertz CT molecular complexity index is 583. The van der Waals surface area contributed by atoms with Crippen LogP contribution in [0, 0.1) is 6.92 Å². The summed E-state index contributed by atoms with van der Waals surface area (Å²) < 4.78 is 3.71. The van der Waals surface area contributed by atoms with Gasteiger partial charge in [-0.25, -0.2) is 0 Å². The van der Waals surface area contributed by atoms with E-state index in [1.54, 1.807) is 4.68 Å². The molecular weight excluding hydrogens is 374 g/mol. The molecule has 0 spiro atoms. The molecule has 0 aliphatic heterocycles. The number of halogens is 2. The van der Waals surface area contributed by atoms with Gasteiger partial charge >= 0.3 is 0 Å². The molecule has 0 radical (unpaired) electrons. The number of benzene rings is 1. The molecule has 1 aromatic heterocycles. The minimum atomic E-state index is 0.634. The maximum atomic E-state index is 4.09. The molecule has 0 amide bonds. The normalized spacial score (nSPS) is 14.9.